The highest BCUT2D eigenvalue weighted by molar-refractivity contribution is 7.89. The molecule has 0 heterocycles. The molecule has 0 saturated carbocycles. The fourth-order valence-electron chi connectivity index (χ4n) is 2.40. The number of hydrogen-bond donors (Lipinski definition) is 1. The van der Waals surface area contributed by atoms with E-state index in [1.807, 2.05) is 19.1 Å². The van der Waals surface area contributed by atoms with E-state index in [2.05, 4.69) is 32.4 Å². The van der Waals surface area contributed by atoms with Crippen LogP contribution in [0.1, 0.15) is 72.3 Å². The van der Waals surface area contributed by atoms with Crippen molar-refractivity contribution < 1.29 is 8.42 Å². The minimum absolute atomic E-state index is 0.0239. The SMILES string of the molecule is CCCCCCC(C)NS(=O)(=O)c1ccc(C(C)(C)C)cc1. The van der Waals surface area contributed by atoms with Gasteiger partial charge in [-0.05, 0) is 36.5 Å². The zero-order chi connectivity index (χ0) is 16.8. The van der Waals surface area contributed by atoms with E-state index < -0.39 is 10.0 Å². The lowest BCUT2D eigenvalue weighted by Crippen LogP contribution is -2.32. The van der Waals surface area contributed by atoms with Crippen LogP contribution in [0.15, 0.2) is 29.2 Å². The van der Waals surface area contributed by atoms with Crippen molar-refractivity contribution in [3.63, 3.8) is 0 Å². The summed E-state index contributed by atoms with van der Waals surface area (Å²) in [5, 5.41) is 0. The summed E-state index contributed by atoms with van der Waals surface area (Å²) in [4.78, 5) is 0.348. The smallest absolute Gasteiger partial charge is 0.208 e. The van der Waals surface area contributed by atoms with E-state index in [-0.39, 0.29) is 11.5 Å². The molecule has 0 aliphatic rings. The molecule has 0 spiro atoms. The van der Waals surface area contributed by atoms with Crippen molar-refractivity contribution in [2.24, 2.45) is 0 Å². The second-order valence-corrected chi connectivity index (χ2v) is 8.86. The Morgan fingerprint density at radius 2 is 1.64 bits per heavy atom. The maximum Gasteiger partial charge on any atom is 0.240 e. The second kappa shape index (κ2) is 8.11. The molecular formula is C18H31NO2S. The summed E-state index contributed by atoms with van der Waals surface area (Å²) >= 11 is 0. The Kier molecular flexibility index (Phi) is 7.07. The van der Waals surface area contributed by atoms with Gasteiger partial charge in [-0.2, -0.15) is 0 Å². The van der Waals surface area contributed by atoms with Gasteiger partial charge in [0.1, 0.15) is 0 Å². The van der Waals surface area contributed by atoms with Crippen molar-refractivity contribution >= 4 is 10.0 Å². The standard InChI is InChI=1S/C18H31NO2S/c1-6-7-8-9-10-15(2)19-22(20,21)17-13-11-16(12-14-17)18(3,4)5/h11-15,19H,6-10H2,1-5H3. The van der Waals surface area contributed by atoms with E-state index in [1.54, 1.807) is 12.1 Å². The number of benzene rings is 1. The van der Waals surface area contributed by atoms with Crippen LogP contribution in [0, 0.1) is 0 Å². The summed E-state index contributed by atoms with van der Waals surface area (Å²) in [5.74, 6) is 0. The largest absolute Gasteiger partial charge is 0.240 e. The third kappa shape index (κ3) is 6.09. The van der Waals surface area contributed by atoms with E-state index in [4.69, 9.17) is 0 Å². The van der Waals surface area contributed by atoms with Crippen molar-refractivity contribution in [2.75, 3.05) is 0 Å². The molecule has 3 nitrogen and oxygen atoms in total. The summed E-state index contributed by atoms with van der Waals surface area (Å²) in [6.45, 7) is 10.5. The molecule has 1 aromatic carbocycles. The molecular weight excluding hydrogens is 294 g/mol. The van der Waals surface area contributed by atoms with Gasteiger partial charge >= 0.3 is 0 Å². The fraction of sp³-hybridized carbons (Fsp3) is 0.667. The third-order valence-electron chi connectivity index (χ3n) is 3.88. The number of rotatable bonds is 8. The molecule has 4 heteroatoms. The molecule has 0 saturated heterocycles. The van der Waals surface area contributed by atoms with Crippen LogP contribution in [0.5, 0.6) is 0 Å². The Bertz CT molecular complexity index is 541. The molecule has 1 rings (SSSR count). The molecule has 126 valence electrons. The highest BCUT2D eigenvalue weighted by Gasteiger charge is 2.19. The van der Waals surface area contributed by atoms with Crippen LogP contribution in [-0.2, 0) is 15.4 Å². The van der Waals surface area contributed by atoms with Gasteiger partial charge in [0.05, 0.1) is 4.90 Å². The highest BCUT2D eigenvalue weighted by Crippen LogP contribution is 2.23. The average molecular weight is 326 g/mol. The number of hydrogen-bond acceptors (Lipinski definition) is 2. The van der Waals surface area contributed by atoms with Crippen LogP contribution in [0.4, 0.5) is 0 Å². The average Bonchev–Trinajstić information content (AvgIpc) is 2.42. The van der Waals surface area contributed by atoms with Crippen LogP contribution in [0.3, 0.4) is 0 Å². The van der Waals surface area contributed by atoms with Crippen LogP contribution < -0.4 is 4.72 Å². The molecule has 0 aliphatic heterocycles. The molecule has 1 unspecified atom stereocenters. The topological polar surface area (TPSA) is 46.2 Å². The maximum atomic E-state index is 12.4. The van der Waals surface area contributed by atoms with Crippen molar-refractivity contribution in [3.05, 3.63) is 29.8 Å². The zero-order valence-electron chi connectivity index (χ0n) is 14.6. The first-order chi connectivity index (χ1) is 10.2. The van der Waals surface area contributed by atoms with Crippen molar-refractivity contribution in [1.82, 2.24) is 4.72 Å². The van der Waals surface area contributed by atoms with Crippen LogP contribution >= 0.6 is 0 Å². The molecule has 22 heavy (non-hydrogen) atoms. The first-order valence-corrected chi connectivity index (χ1v) is 9.78. The quantitative estimate of drug-likeness (QED) is 0.709. The minimum atomic E-state index is -3.41. The van der Waals surface area contributed by atoms with Crippen molar-refractivity contribution in [2.45, 2.75) is 83.1 Å². The summed E-state index contributed by atoms with van der Waals surface area (Å²) < 4.78 is 27.5. The lowest BCUT2D eigenvalue weighted by atomic mass is 9.87. The van der Waals surface area contributed by atoms with Crippen LogP contribution in [0.2, 0.25) is 0 Å². The molecule has 0 bridgehead atoms. The van der Waals surface area contributed by atoms with E-state index in [1.165, 1.54) is 19.3 Å². The van der Waals surface area contributed by atoms with E-state index in [0.717, 1.165) is 18.4 Å². The first-order valence-electron chi connectivity index (χ1n) is 8.29. The Balaban J connectivity index is 2.66. The lowest BCUT2D eigenvalue weighted by molar-refractivity contribution is 0.521. The molecule has 1 N–H and O–H groups in total. The van der Waals surface area contributed by atoms with E-state index in [0.29, 0.717) is 4.90 Å². The third-order valence-corrected chi connectivity index (χ3v) is 5.48. The van der Waals surface area contributed by atoms with Crippen molar-refractivity contribution in [3.8, 4) is 0 Å². The van der Waals surface area contributed by atoms with Gasteiger partial charge in [0.2, 0.25) is 10.0 Å². The molecule has 1 atom stereocenters. The van der Waals surface area contributed by atoms with Crippen LogP contribution in [-0.4, -0.2) is 14.5 Å². The Morgan fingerprint density at radius 1 is 1.05 bits per heavy atom. The Hall–Kier alpha value is -0.870. The predicted molar refractivity (Wildman–Crippen MR) is 93.7 cm³/mol. The number of sulfonamides is 1. The Labute approximate surface area is 136 Å². The zero-order valence-corrected chi connectivity index (χ0v) is 15.5. The van der Waals surface area contributed by atoms with Crippen LogP contribution in [0.25, 0.3) is 0 Å². The monoisotopic (exact) mass is 325 g/mol. The lowest BCUT2D eigenvalue weighted by Gasteiger charge is -2.19. The molecule has 0 radical (unpaired) electrons. The molecule has 0 aliphatic carbocycles. The number of nitrogens with one attached hydrogen (secondary N) is 1. The van der Waals surface area contributed by atoms with E-state index in [9.17, 15) is 8.42 Å². The predicted octanol–water partition coefficient (Wildman–Crippen LogP) is 4.62. The van der Waals surface area contributed by atoms with Gasteiger partial charge in [0.25, 0.3) is 0 Å². The summed E-state index contributed by atoms with van der Waals surface area (Å²) in [6.07, 6.45) is 5.54. The normalized spacial score (nSPS) is 14.0. The fourth-order valence-corrected chi connectivity index (χ4v) is 3.68. The molecule has 0 amide bonds. The molecule has 0 aromatic heterocycles. The maximum absolute atomic E-state index is 12.4. The van der Waals surface area contributed by atoms with Gasteiger partial charge in [0.15, 0.2) is 0 Å². The van der Waals surface area contributed by atoms with Gasteiger partial charge in [-0.25, -0.2) is 13.1 Å². The molecule has 1 aromatic rings. The molecule has 0 fully saturated rings. The van der Waals surface area contributed by atoms with Gasteiger partial charge in [0, 0.05) is 6.04 Å². The van der Waals surface area contributed by atoms with Gasteiger partial charge in [-0.1, -0.05) is 65.5 Å². The second-order valence-electron chi connectivity index (χ2n) is 7.15. The highest BCUT2D eigenvalue weighted by atomic mass is 32.2. The van der Waals surface area contributed by atoms with Gasteiger partial charge < -0.3 is 0 Å². The minimum Gasteiger partial charge on any atom is -0.208 e. The van der Waals surface area contributed by atoms with E-state index >= 15 is 0 Å². The summed E-state index contributed by atoms with van der Waals surface area (Å²) in [5.41, 5.74) is 1.17. The van der Waals surface area contributed by atoms with Gasteiger partial charge in [-0.3, -0.25) is 0 Å². The Morgan fingerprint density at radius 3 is 2.14 bits per heavy atom. The van der Waals surface area contributed by atoms with Crippen molar-refractivity contribution in [1.29, 1.82) is 0 Å². The first kappa shape index (κ1) is 19.2. The summed E-state index contributed by atoms with van der Waals surface area (Å²) in [6, 6.07) is 7.18. The summed E-state index contributed by atoms with van der Waals surface area (Å²) in [7, 11) is -3.41. The number of unbranched alkanes of at least 4 members (excludes halogenated alkanes) is 3. The van der Waals surface area contributed by atoms with Gasteiger partial charge in [-0.15, -0.1) is 0 Å².